The lowest BCUT2D eigenvalue weighted by Gasteiger charge is -2.32. The zero-order chi connectivity index (χ0) is 17.2. The van der Waals surface area contributed by atoms with E-state index in [0.29, 0.717) is 30.4 Å². The van der Waals surface area contributed by atoms with Crippen LogP contribution in [-0.4, -0.2) is 38.3 Å². The van der Waals surface area contributed by atoms with Crippen molar-refractivity contribution in [1.29, 1.82) is 0 Å². The minimum absolute atomic E-state index is 0.177. The van der Waals surface area contributed by atoms with E-state index in [2.05, 4.69) is 5.32 Å². The van der Waals surface area contributed by atoms with Crippen molar-refractivity contribution in [3.05, 3.63) is 29.8 Å². The minimum atomic E-state index is -3.40. The number of nitrogens with zero attached hydrogens (tertiary/aromatic N) is 1. The molecule has 6 heteroatoms. The summed E-state index contributed by atoms with van der Waals surface area (Å²) in [6.07, 6.45) is 4.79. The highest BCUT2D eigenvalue weighted by atomic mass is 32.2. The highest BCUT2D eigenvalue weighted by Gasteiger charge is 2.30. The Morgan fingerprint density at radius 3 is 2.29 bits per heavy atom. The summed E-state index contributed by atoms with van der Waals surface area (Å²) in [5, 5.41) is 3.04. The molecule has 132 valence electrons. The lowest BCUT2D eigenvalue weighted by molar-refractivity contribution is -0.127. The first kappa shape index (κ1) is 17.4. The summed E-state index contributed by atoms with van der Waals surface area (Å²) in [5.74, 6) is 0.765. The van der Waals surface area contributed by atoms with Gasteiger partial charge in [-0.1, -0.05) is 24.1 Å². The molecule has 0 unspecified atom stereocenters. The summed E-state index contributed by atoms with van der Waals surface area (Å²) in [6, 6.07) is 7.01. The van der Waals surface area contributed by atoms with E-state index in [4.69, 9.17) is 0 Å². The molecule has 1 saturated carbocycles. The predicted molar refractivity (Wildman–Crippen MR) is 93.0 cm³/mol. The van der Waals surface area contributed by atoms with Crippen molar-refractivity contribution in [2.45, 2.75) is 43.9 Å². The minimum Gasteiger partial charge on any atom is -0.356 e. The van der Waals surface area contributed by atoms with Crippen LogP contribution in [0.15, 0.2) is 29.2 Å². The van der Waals surface area contributed by atoms with Gasteiger partial charge in [0.25, 0.3) is 0 Å². The maximum Gasteiger partial charge on any atom is 0.243 e. The molecule has 0 spiro atoms. The molecule has 2 fully saturated rings. The quantitative estimate of drug-likeness (QED) is 0.886. The molecular formula is C18H26N2O3S. The van der Waals surface area contributed by atoms with Crippen LogP contribution in [0.25, 0.3) is 0 Å². The van der Waals surface area contributed by atoms with Gasteiger partial charge in [-0.25, -0.2) is 8.42 Å². The number of piperidine rings is 1. The molecule has 5 nitrogen and oxygen atoms in total. The van der Waals surface area contributed by atoms with E-state index in [9.17, 15) is 13.2 Å². The lowest BCUT2D eigenvalue weighted by Crippen LogP contribution is -2.43. The normalized spacial score (nSPS) is 20.5. The summed E-state index contributed by atoms with van der Waals surface area (Å²) in [6.45, 7) is 3.67. The van der Waals surface area contributed by atoms with Gasteiger partial charge < -0.3 is 5.32 Å². The largest absolute Gasteiger partial charge is 0.356 e. The molecular weight excluding hydrogens is 324 g/mol. The number of amides is 1. The summed E-state index contributed by atoms with van der Waals surface area (Å²) in [7, 11) is -3.40. The molecule has 1 N–H and O–H groups in total. The smallest absolute Gasteiger partial charge is 0.243 e. The highest BCUT2D eigenvalue weighted by Crippen LogP contribution is 2.27. The van der Waals surface area contributed by atoms with Crippen molar-refractivity contribution in [3.8, 4) is 0 Å². The summed E-state index contributed by atoms with van der Waals surface area (Å²) in [4.78, 5) is 12.3. The van der Waals surface area contributed by atoms with Crippen LogP contribution in [0.2, 0.25) is 0 Å². The Kier molecular flexibility index (Phi) is 5.25. The van der Waals surface area contributed by atoms with Gasteiger partial charge in [-0.15, -0.1) is 0 Å². The number of carbonyl (C=O) groups is 1. The maximum absolute atomic E-state index is 12.7. The van der Waals surface area contributed by atoms with Crippen LogP contribution < -0.4 is 5.32 Å². The number of hydrogen-bond donors (Lipinski definition) is 1. The van der Waals surface area contributed by atoms with Crippen molar-refractivity contribution in [3.63, 3.8) is 0 Å². The van der Waals surface area contributed by atoms with E-state index in [0.717, 1.165) is 37.7 Å². The van der Waals surface area contributed by atoms with Crippen molar-refractivity contribution >= 4 is 15.9 Å². The molecule has 1 aliphatic heterocycles. The summed E-state index contributed by atoms with van der Waals surface area (Å²) < 4.78 is 26.9. The molecule has 1 aromatic rings. The predicted octanol–water partition coefficient (Wildman–Crippen LogP) is 2.31. The van der Waals surface area contributed by atoms with E-state index in [1.807, 2.05) is 19.1 Å². The third kappa shape index (κ3) is 3.81. The van der Waals surface area contributed by atoms with Crippen LogP contribution in [0.3, 0.4) is 0 Å². The Morgan fingerprint density at radius 1 is 1.12 bits per heavy atom. The van der Waals surface area contributed by atoms with Crippen molar-refractivity contribution in [2.24, 2.45) is 11.8 Å². The third-order valence-electron chi connectivity index (χ3n) is 5.27. The van der Waals surface area contributed by atoms with Gasteiger partial charge in [-0.05, 0) is 50.7 Å². The number of benzene rings is 1. The first-order valence-corrected chi connectivity index (χ1v) is 10.3. The molecule has 1 saturated heterocycles. The Balaban J connectivity index is 1.50. The van der Waals surface area contributed by atoms with Gasteiger partial charge >= 0.3 is 0 Å². The SMILES string of the molecule is Cc1ccc(S(=O)(=O)N2CCC(CNC(=O)C3CCC3)CC2)cc1. The Bertz CT molecular complexity index is 673. The van der Waals surface area contributed by atoms with Gasteiger partial charge in [-0.2, -0.15) is 4.31 Å². The van der Waals surface area contributed by atoms with E-state index < -0.39 is 10.0 Å². The van der Waals surface area contributed by atoms with Crippen molar-refractivity contribution in [2.75, 3.05) is 19.6 Å². The van der Waals surface area contributed by atoms with E-state index in [1.54, 1.807) is 16.4 Å². The van der Waals surface area contributed by atoms with Gasteiger partial charge in [-0.3, -0.25) is 4.79 Å². The Morgan fingerprint density at radius 2 is 1.75 bits per heavy atom. The number of carbonyl (C=O) groups excluding carboxylic acids is 1. The average Bonchev–Trinajstić information content (AvgIpc) is 2.52. The number of rotatable bonds is 5. The molecule has 1 heterocycles. The number of aryl methyl sites for hydroxylation is 1. The second kappa shape index (κ2) is 7.23. The van der Waals surface area contributed by atoms with Crippen molar-refractivity contribution < 1.29 is 13.2 Å². The molecule has 0 atom stereocenters. The zero-order valence-electron chi connectivity index (χ0n) is 14.2. The van der Waals surface area contributed by atoms with E-state index >= 15 is 0 Å². The molecule has 0 radical (unpaired) electrons. The van der Waals surface area contributed by atoms with Crippen LogP contribution in [-0.2, 0) is 14.8 Å². The topological polar surface area (TPSA) is 66.5 Å². The highest BCUT2D eigenvalue weighted by molar-refractivity contribution is 7.89. The first-order valence-electron chi connectivity index (χ1n) is 8.81. The molecule has 0 bridgehead atoms. The van der Waals surface area contributed by atoms with Crippen LogP contribution in [0, 0.1) is 18.8 Å². The van der Waals surface area contributed by atoms with Gasteiger partial charge in [0.05, 0.1) is 4.90 Å². The fourth-order valence-electron chi connectivity index (χ4n) is 3.27. The standard InChI is InChI=1S/C18H26N2O3S/c1-14-5-7-17(8-6-14)24(22,23)20-11-9-15(10-12-20)13-19-18(21)16-3-2-4-16/h5-8,15-16H,2-4,9-13H2,1H3,(H,19,21). The summed E-state index contributed by atoms with van der Waals surface area (Å²) in [5.41, 5.74) is 1.05. The van der Waals surface area contributed by atoms with Gasteiger partial charge in [0.15, 0.2) is 0 Å². The lowest BCUT2D eigenvalue weighted by atomic mass is 9.84. The van der Waals surface area contributed by atoms with Gasteiger partial charge in [0.1, 0.15) is 0 Å². The van der Waals surface area contributed by atoms with E-state index in [-0.39, 0.29) is 11.8 Å². The van der Waals surface area contributed by atoms with Crippen LogP contribution in [0.1, 0.15) is 37.7 Å². The summed E-state index contributed by atoms with van der Waals surface area (Å²) >= 11 is 0. The molecule has 3 rings (SSSR count). The Hall–Kier alpha value is -1.40. The second-order valence-corrected chi connectivity index (χ2v) is 8.97. The van der Waals surface area contributed by atoms with Gasteiger partial charge in [0.2, 0.25) is 15.9 Å². The second-order valence-electron chi connectivity index (χ2n) is 7.03. The molecule has 0 aromatic heterocycles. The maximum atomic E-state index is 12.7. The first-order chi connectivity index (χ1) is 11.5. The molecule has 2 aliphatic rings. The fourth-order valence-corrected chi connectivity index (χ4v) is 4.74. The van der Waals surface area contributed by atoms with Crippen LogP contribution in [0.4, 0.5) is 0 Å². The Labute approximate surface area is 144 Å². The molecule has 1 aliphatic carbocycles. The third-order valence-corrected chi connectivity index (χ3v) is 7.19. The van der Waals surface area contributed by atoms with Crippen LogP contribution in [0.5, 0.6) is 0 Å². The van der Waals surface area contributed by atoms with Gasteiger partial charge in [0, 0.05) is 25.6 Å². The molecule has 1 amide bonds. The number of sulfonamides is 1. The van der Waals surface area contributed by atoms with Crippen molar-refractivity contribution in [1.82, 2.24) is 9.62 Å². The molecule has 24 heavy (non-hydrogen) atoms. The number of hydrogen-bond acceptors (Lipinski definition) is 3. The molecule has 1 aromatic carbocycles. The van der Waals surface area contributed by atoms with E-state index in [1.165, 1.54) is 0 Å². The fraction of sp³-hybridized carbons (Fsp3) is 0.611. The zero-order valence-corrected chi connectivity index (χ0v) is 15.0. The number of nitrogens with one attached hydrogen (secondary N) is 1. The van der Waals surface area contributed by atoms with Crippen LogP contribution >= 0.6 is 0 Å². The monoisotopic (exact) mass is 350 g/mol. The average molecular weight is 350 g/mol.